The topological polar surface area (TPSA) is 48.5 Å². The van der Waals surface area contributed by atoms with Gasteiger partial charge in [-0.1, -0.05) is 176 Å². The molecule has 0 saturated carbocycles. The van der Waals surface area contributed by atoms with Gasteiger partial charge in [0.25, 0.3) is 0 Å². The minimum Gasteiger partial charge on any atom is -0.307 e. The fourth-order valence-corrected chi connectivity index (χ4v) is 8.00. The molecule has 0 atom stereocenters. The van der Waals surface area contributed by atoms with Crippen LogP contribution in [0.5, 0.6) is 0 Å². The van der Waals surface area contributed by atoms with E-state index in [1.165, 1.54) is 0 Å². The zero-order valence-electron chi connectivity index (χ0n) is 34.9. The average Bonchev–Trinajstić information content (AvgIpc) is 3.84. The Morgan fingerprint density at radius 1 is 0.357 bits per heavy atom. The van der Waals surface area contributed by atoms with Crippen molar-refractivity contribution in [3.05, 3.63) is 200 Å². The molecule has 0 amide bonds. The molecule has 0 aliphatic heterocycles. The van der Waals surface area contributed by atoms with Crippen LogP contribution in [-0.4, -0.2) is 24.1 Å². The van der Waals surface area contributed by atoms with E-state index in [2.05, 4.69) is 69.8 Å². The zero-order chi connectivity index (χ0) is 41.4. The maximum Gasteiger partial charge on any atom is 0.238 e. The van der Waals surface area contributed by atoms with Crippen molar-refractivity contribution in [3.63, 3.8) is 0 Å². The summed E-state index contributed by atoms with van der Waals surface area (Å²) in [6, 6.07) is 55.4. The minimum absolute atomic E-state index is 0.163. The van der Waals surface area contributed by atoms with Crippen LogP contribution in [0.15, 0.2) is 200 Å². The van der Waals surface area contributed by atoms with E-state index >= 15 is 0 Å². The molecule has 56 heavy (non-hydrogen) atoms. The summed E-state index contributed by atoms with van der Waals surface area (Å²) in [7, 11) is 0. The molecule has 11 rings (SSSR count). The van der Waals surface area contributed by atoms with Gasteiger partial charge in [0.05, 0.1) is 28.9 Å². The van der Waals surface area contributed by atoms with Crippen LogP contribution in [0, 0.1) is 0 Å². The summed E-state index contributed by atoms with van der Waals surface area (Å²) in [6.07, 6.45) is 0. The third kappa shape index (κ3) is 5.13. The van der Waals surface area contributed by atoms with E-state index in [9.17, 15) is 0 Å². The molecule has 0 aliphatic rings. The number of nitrogens with zero attached hydrogens (tertiary/aromatic N) is 5. The van der Waals surface area contributed by atoms with Gasteiger partial charge in [-0.3, -0.25) is 4.57 Å². The Labute approximate surface area is 330 Å². The molecule has 0 unspecified atom stereocenters. The number of hydrogen-bond donors (Lipinski definition) is 0. The van der Waals surface area contributed by atoms with Crippen LogP contribution in [0.3, 0.4) is 0 Å². The quantitative estimate of drug-likeness (QED) is 0.172. The monoisotopic (exact) mass is 720 g/mol. The molecule has 0 bridgehead atoms. The first-order valence-electron chi connectivity index (χ1n) is 21.0. The molecule has 0 fully saturated rings. The molecular weight excluding hydrogens is 683 g/mol. The van der Waals surface area contributed by atoms with E-state index in [4.69, 9.17) is 21.8 Å². The lowest BCUT2D eigenvalue weighted by atomic mass is 9.99. The van der Waals surface area contributed by atoms with Crippen molar-refractivity contribution >= 4 is 43.6 Å². The normalized spacial score (nSPS) is 12.8. The first-order chi connectivity index (χ1) is 29.9. The Morgan fingerprint density at radius 2 is 0.893 bits per heavy atom. The van der Waals surface area contributed by atoms with E-state index in [1.807, 2.05) is 109 Å². The van der Waals surface area contributed by atoms with Gasteiger partial charge in [0.1, 0.15) is 0 Å². The fraction of sp³-hybridized carbons (Fsp3) is 0. The van der Waals surface area contributed by atoms with Crippen LogP contribution in [0.25, 0.3) is 100 Å². The van der Waals surface area contributed by atoms with Crippen molar-refractivity contribution in [3.8, 4) is 56.7 Å². The molecular formula is C51H33N5. The summed E-state index contributed by atoms with van der Waals surface area (Å²) < 4.78 is 46.3. The molecule has 11 aromatic rings. The summed E-state index contributed by atoms with van der Waals surface area (Å²) in [5.41, 5.74) is 9.12. The van der Waals surface area contributed by atoms with Crippen molar-refractivity contribution in [2.45, 2.75) is 0 Å². The fourth-order valence-electron chi connectivity index (χ4n) is 8.00. The summed E-state index contributed by atoms with van der Waals surface area (Å²) in [6.45, 7) is 0. The summed E-state index contributed by atoms with van der Waals surface area (Å²) >= 11 is 0. The highest BCUT2D eigenvalue weighted by molar-refractivity contribution is 6.23. The molecule has 5 heteroatoms. The van der Waals surface area contributed by atoms with Crippen LogP contribution in [0.1, 0.15) is 6.85 Å². The number of fused-ring (bicyclic) bond motifs is 7. The van der Waals surface area contributed by atoms with Crippen LogP contribution in [-0.2, 0) is 0 Å². The first-order valence-corrected chi connectivity index (χ1v) is 18.5. The average molecular weight is 721 g/mol. The molecule has 0 radical (unpaired) electrons. The Balaban J connectivity index is 1.22. The Hall–Kier alpha value is -7.63. The van der Waals surface area contributed by atoms with Crippen molar-refractivity contribution in [2.24, 2.45) is 0 Å². The SMILES string of the molecule is [2H]c1c([2H])c([2H])c(-c2ccc(-n3c4ccccc4c4ccc5c6ccccc6n(-c6nc(-c7ccccc7)nc(-c7ccccc7-c7ccccc7)n6)c5c43)cc2)c([2H])c1[2H]. The smallest absolute Gasteiger partial charge is 0.238 e. The van der Waals surface area contributed by atoms with Crippen molar-refractivity contribution < 1.29 is 6.85 Å². The number of para-hydroxylation sites is 2. The first kappa shape index (κ1) is 27.0. The largest absolute Gasteiger partial charge is 0.307 e. The molecule has 5 nitrogen and oxygen atoms in total. The van der Waals surface area contributed by atoms with Crippen LogP contribution >= 0.6 is 0 Å². The lowest BCUT2D eigenvalue weighted by Crippen LogP contribution is -2.07. The lowest BCUT2D eigenvalue weighted by molar-refractivity contribution is 0.953. The van der Waals surface area contributed by atoms with E-state index in [1.54, 1.807) is 0 Å². The highest BCUT2D eigenvalue weighted by Gasteiger charge is 2.24. The molecule has 0 N–H and O–H groups in total. The van der Waals surface area contributed by atoms with Gasteiger partial charge in [-0.2, -0.15) is 9.97 Å². The molecule has 0 aliphatic carbocycles. The highest BCUT2D eigenvalue weighted by atomic mass is 15.2. The van der Waals surface area contributed by atoms with Gasteiger partial charge in [0.15, 0.2) is 11.6 Å². The maximum atomic E-state index is 8.63. The zero-order valence-corrected chi connectivity index (χ0v) is 29.9. The van der Waals surface area contributed by atoms with Crippen LogP contribution < -0.4 is 0 Å². The van der Waals surface area contributed by atoms with Gasteiger partial charge in [-0.15, -0.1) is 0 Å². The molecule has 3 heterocycles. The number of aromatic nitrogens is 5. The number of benzene rings is 8. The standard InChI is InChI=1S/C51H33N5/c1-4-16-34(17-5-1)35-28-30-38(31-29-35)55-45-26-14-12-23-40(45)42-32-33-43-41-24-13-15-27-46(41)56(48(43)47(42)55)51-53-49(37-20-8-3-9-21-37)52-50(54-51)44-25-11-10-22-39(44)36-18-6-2-7-19-36/h1-33H/i1D,4D,5D,16D,17D. The summed E-state index contributed by atoms with van der Waals surface area (Å²) in [4.78, 5) is 15.8. The van der Waals surface area contributed by atoms with Gasteiger partial charge in [-0.25, -0.2) is 4.98 Å². The van der Waals surface area contributed by atoms with Gasteiger partial charge >= 0.3 is 0 Å². The van der Waals surface area contributed by atoms with Gasteiger partial charge in [0, 0.05) is 38.4 Å². The Kier molecular flexibility index (Phi) is 6.29. The number of hydrogen-bond acceptors (Lipinski definition) is 3. The van der Waals surface area contributed by atoms with Gasteiger partial charge < -0.3 is 4.57 Å². The molecule has 8 aromatic carbocycles. The lowest BCUT2D eigenvalue weighted by Gasteiger charge is -2.14. The van der Waals surface area contributed by atoms with Crippen LogP contribution in [0.2, 0.25) is 0 Å². The molecule has 3 aromatic heterocycles. The van der Waals surface area contributed by atoms with E-state index < -0.39 is 6.04 Å². The van der Waals surface area contributed by atoms with Crippen molar-refractivity contribution in [1.82, 2.24) is 24.1 Å². The third-order valence-corrected chi connectivity index (χ3v) is 10.5. The molecule has 0 saturated heterocycles. The second-order valence-electron chi connectivity index (χ2n) is 13.7. The summed E-state index contributed by atoms with van der Waals surface area (Å²) in [5.74, 6) is 1.56. The predicted molar refractivity (Wildman–Crippen MR) is 230 cm³/mol. The van der Waals surface area contributed by atoms with Crippen LogP contribution in [0.4, 0.5) is 0 Å². The van der Waals surface area contributed by atoms with Gasteiger partial charge in [0.2, 0.25) is 5.95 Å². The Bertz CT molecular complexity index is 3500. The van der Waals surface area contributed by atoms with E-state index in [-0.39, 0.29) is 29.7 Å². The van der Waals surface area contributed by atoms with Crippen molar-refractivity contribution in [2.75, 3.05) is 0 Å². The predicted octanol–water partition coefficient (Wildman–Crippen LogP) is 12.7. The highest BCUT2D eigenvalue weighted by Crippen LogP contribution is 2.42. The van der Waals surface area contributed by atoms with E-state index in [0.29, 0.717) is 23.2 Å². The van der Waals surface area contributed by atoms with E-state index in [0.717, 1.165) is 71.6 Å². The minimum atomic E-state index is -0.415. The molecule has 0 spiro atoms. The van der Waals surface area contributed by atoms with Crippen molar-refractivity contribution in [1.29, 1.82) is 0 Å². The second-order valence-corrected chi connectivity index (χ2v) is 13.7. The second kappa shape index (κ2) is 13.0. The number of rotatable bonds is 6. The Morgan fingerprint density at radius 3 is 1.57 bits per heavy atom. The maximum absolute atomic E-state index is 8.63. The third-order valence-electron chi connectivity index (χ3n) is 10.5. The molecule has 262 valence electrons. The van der Waals surface area contributed by atoms with Gasteiger partial charge in [-0.05, 0) is 46.5 Å². The summed E-state index contributed by atoms with van der Waals surface area (Å²) in [5, 5.41) is 4.16.